The van der Waals surface area contributed by atoms with Crippen LogP contribution in [0.5, 0.6) is 0 Å². The molecule has 0 bridgehead atoms. The molecule has 4 heteroatoms. The van der Waals surface area contributed by atoms with E-state index in [1.807, 2.05) is 19.9 Å². The molecule has 1 aromatic heterocycles. The quantitative estimate of drug-likeness (QED) is 0.896. The van der Waals surface area contributed by atoms with Crippen LogP contribution in [-0.4, -0.2) is 10.9 Å². The Morgan fingerprint density at radius 3 is 2.67 bits per heavy atom. The zero-order chi connectivity index (χ0) is 13.1. The van der Waals surface area contributed by atoms with Crippen molar-refractivity contribution in [2.24, 2.45) is 0 Å². The van der Waals surface area contributed by atoms with Crippen LogP contribution in [0, 0.1) is 13.8 Å². The van der Waals surface area contributed by atoms with Gasteiger partial charge in [-0.1, -0.05) is 11.6 Å². The van der Waals surface area contributed by atoms with Gasteiger partial charge in [0.1, 0.15) is 0 Å². The van der Waals surface area contributed by atoms with Crippen molar-refractivity contribution < 1.29 is 4.79 Å². The number of benzene rings is 1. The van der Waals surface area contributed by atoms with Crippen LogP contribution in [0.4, 0.5) is 5.69 Å². The van der Waals surface area contributed by atoms with E-state index in [0.717, 1.165) is 16.9 Å². The number of nitrogens with one attached hydrogen (secondary N) is 1. The molecule has 0 spiro atoms. The second-order valence-electron chi connectivity index (χ2n) is 4.10. The van der Waals surface area contributed by atoms with Crippen molar-refractivity contribution in [2.75, 3.05) is 5.32 Å². The Labute approximate surface area is 111 Å². The minimum absolute atomic E-state index is 0.147. The lowest BCUT2D eigenvalue weighted by molar-refractivity contribution is 0.102. The Hall–Kier alpha value is -1.87. The van der Waals surface area contributed by atoms with E-state index < -0.39 is 0 Å². The van der Waals surface area contributed by atoms with Gasteiger partial charge in [-0.25, -0.2) is 0 Å². The fraction of sp³-hybridized carbons (Fsp3) is 0.143. The highest BCUT2D eigenvalue weighted by Crippen LogP contribution is 2.20. The average Bonchev–Trinajstić information content (AvgIpc) is 2.32. The highest BCUT2D eigenvalue weighted by molar-refractivity contribution is 6.30. The number of halogens is 1. The van der Waals surface area contributed by atoms with Gasteiger partial charge in [0.25, 0.3) is 5.91 Å². The Bertz CT molecular complexity index is 596. The Balaban J connectivity index is 2.21. The molecule has 0 unspecified atom stereocenters. The highest BCUT2D eigenvalue weighted by atomic mass is 35.5. The van der Waals surface area contributed by atoms with E-state index in [4.69, 9.17) is 11.6 Å². The van der Waals surface area contributed by atoms with Crippen LogP contribution in [0.25, 0.3) is 0 Å². The van der Waals surface area contributed by atoms with Crippen molar-refractivity contribution in [3.63, 3.8) is 0 Å². The van der Waals surface area contributed by atoms with E-state index in [0.29, 0.717) is 10.6 Å². The molecule has 0 aliphatic carbocycles. The third kappa shape index (κ3) is 2.87. The number of anilines is 1. The Morgan fingerprint density at radius 2 is 2.00 bits per heavy atom. The number of rotatable bonds is 2. The van der Waals surface area contributed by atoms with Gasteiger partial charge >= 0.3 is 0 Å². The number of nitrogens with zero attached hydrogens (tertiary/aromatic N) is 1. The van der Waals surface area contributed by atoms with Crippen molar-refractivity contribution in [3.05, 3.63) is 58.4 Å². The summed E-state index contributed by atoms with van der Waals surface area (Å²) in [5.74, 6) is -0.147. The van der Waals surface area contributed by atoms with E-state index in [9.17, 15) is 4.79 Å². The van der Waals surface area contributed by atoms with Gasteiger partial charge in [0, 0.05) is 28.2 Å². The number of hydrogen-bond donors (Lipinski definition) is 1. The third-order valence-electron chi connectivity index (χ3n) is 2.60. The van der Waals surface area contributed by atoms with Gasteiger partial charge in [0.15, 0.2) is 0 Å². The zero-order valence-corrected chi connectivity index (χ0v) is 11.0. The van der Waals surface area contributed by atoms with E-state index in [2.05, 4.69) is 10.3 Å². The maximum atomic E-state index is 12.0. The van der Waals surface area contributed by atoms with Gasteiger partial charge in [-0.2, -0.15) is 0 Å². The van der Waals surface area contributed by atoms with Crippen molar-refractivity contribution in [2.45, 2.75) is 13.8 Å². The molecule has 92 valence electrons. The number of aryl methyl sites for hydroxylation is 2. The first kappa shape index (κ1) is 12.6. The Morgan fingerprint density at radius 1 is 1.22 bits per heavy atom. The standard InChI is InChI=1S/C14H13ClN2O/c1-9-7-12(15)3-4-13(9)17-14(18)11-5-6-16-10(2)8-11/h3-8H,1-2H3,(H,17,18). The van der Waals surface area contributed by atoms with Crippen molar-refractivity contribution >= 4 is 23.2 Å². The van der Waals surface area contributed by atoms with E-state index in [1.165, 1.54) is 0 Å². The minimum atomic E-state index is -0.147. The first-order valence-electron chi connectivity index (χ1n) is 5.56. The zero-order valence-electron chi connectivity index (χ0n) is 10.2. The topological polar surface area (TPSA) is 42.0 Å². The number of hydrogen-bond acceptors (Lipinski definition) is 2. The van der Waals surface area contributed by atoms with Crippen molar-refractivity contribution in [3.8, 4) is 0 Å². The van der Waals surface area contributed by atoms with Crippen LogP contribution in [0.15, 0.2) is 36.5 Å². The summed E-state index contributed by atoms with van der Waals surface area (Å²) in [5, 5.41) is 3.51. The molecule has 1 N–H and O–H groups in total. The summed E-state index contributed by atoms with van der Waals surface area (Å²) in [4.78, 5) is 16.1. The number of carbonyl (C=O) groups is 1. The third-order valence-corrected chi connectivity index (χ3v) is 2.83. The lowest BCUT2D eigenvalue weighted by Gasteiger charge is -2.08. The molecule has 0 aliphatic heterocycles. The summed E-state index contributed by atoms with van der Waals surface area (Å²) in [5.41, 5.74) is 3.10. The first-order chi connectivity index (χ1) is 8.56. The van der Waals surface area contributed by atoms with Gasteiger partial charge in [0.05, 0.1) is 0 Å². The normalized spacial score (nSPS) is 10.2. The molecule has 1 amide bonds. The van der Waals surface area contributed by atoms with Crippen LogP contribution >= 0.6 is 11.6 Å². The largest absolute Gasteiger partial charge is 0.322 e. The van der Waals surface area contributed by atoms with Crippen molar-refractivity contribution in [1.82, 2.24) is 4.98 Å². The Kier molecular flexibility index (Phi) is 3.63. The SMILES string of the molecule is Cc1cc(C(=O)Nc2ccc(Cl)cc2C)ccn1. The lowest BCUT2D eigenvalue weighted by atomic mass is 10.1. The van der Waals surface area contributed by atoms with E-state index >= 15 is 0 Å². The summed E-state index contributed by atoms with van der Waals surface area (Å²) in [6, 6.07) is 8.80. The molecule has 2 aromatic rings. The molecular weight excluding hydrogens is 248 g/mol. The predicted octanol–water partition coefficient (Wildman–Crippen LogP) is 3.60. The average molecular weight is 261 g/mol. The number of carbonyl (C=O) groups excluding carboxylic acids is 1. The molecular formula is C14H13ClN2O. The molecule has 0 radical (unpaired) electrons. The van der Waals surface area contributed by atoms with Gasteiger partial charge < -0.3 is 5.32 Å². The van der Waals surface area contributed by atoms with Crippen LogP contribution in [0.1, 0.15) is 21.6 Å². The van der Waals surface area contributed by atoms with Gasteiger partial charge in [0.2, 0.25) is 0 Å². The molecule has 18 heavy (non-hydrogen) atoms. The van der Waals surface area contributed by atoms with E-state index in [-0.39, 0.29) is 5.91 Å². The summed E-state index contributed by atoms with van der Waals surface area (Å²) in [6.07, 6.45) is 1.62. The summed E-state index contributed by atoms with van der Waals surface area (Å²) in [7, 11) is 0. The minimum Gasteiger partial charge on any atom is -0.322 e. The highest BCUT2D eigenvalue weighted by Gasteiger charge is 2.08. The predicted molar refractivity (Wildman–Crippen MR) is 73.1 cm³/mol. The molecule has 0 aliphatic rings. The monoisotopic (exact) mass is 260 g/mol. The second kappa shape index (κ2) is 5.19. The number of aromatic nitrogens is 1. The molecule has 0 saturated carbocycles. The van der Waals surface area contributed by atoms with Crippen LogP contribution in [0.2, 0.25) is 5.02 Å². The second-order valence-corrected chi connectivity index (χ2v) is 4.54. The van der Waals surface area contributed by atoms with Crippen LogP contribution in [0.3, 0.4) is 0 Å². The van der Waals surface area contributed by atoms with E-state index in [1.54, 1.807) is 30.5 Å². The molecule has 2 rings (SSSR count). The van der Waals surface area contributed by atoms with Gasteiger partial charge in [-0.05, 0) is 49.7 Å². The molecule has 1 aromatic carbocycles. The summed E-state index contributed by atoms with van der Waals surface area (Å²) in [6.45, 7) is 3.75. The molecule has 0 fully saturated rings. The number of pyridine rings is 1. The van der Waals surface area contributed by atoms with Crippen LogP contribution in [-0.2, 0) is 0 Å². The summed E-state index contributed by atoms with van der Waals surface area (Å²) < 4.78 is 0. The smallest absolute Gasteiger partial charge is 0.255 e. The maximum Gasteiger partial charge on any atom is 0.255 e. The molecule has 1 heterocycles. The summed E-state index contributed by atoms with van der Waals surface area (Å²) >= 11 is 5.87. The van der Waals surface area contributed by atoms with Gasteiger partial charge in [-0.15, -0.1) is 0 Å². The fourth-order valence-electron chi connectivity index (χ4n) is 1.65. The molecule has 3 nitrogen and oxygen atoms in total. The van der Waals surface area contributed by atoms with Crippen molar-refractivity contribution in [1.29, 1.82) is 0 Å². The maximum absolute atomic E-state index is 12.0. The van der Waals surface area contributed by atoms with Crippen LogP contribution < -0.4 is 5.32 Å². The molecule has 0 saturated heterocycles. The number of amides is 1. The lowest BCUT2D eigenvalue weighted by Crippen LogP contribution is -2.13. The fourth-order valence-corrected chi connectivity index (χ4v) is 1.88. The first-order valence-corrected chi connectivity index (χ1v) is 5.94. The van der Waals surface area contributed by atoms with Gasteiger partial charge in [-0.3, -0.25) is 9.78 Å². The molecule has 0 atom stereocenters.